The van der Waals surface area contributed by atoms with Gasteiger partial charge in [0.25, 0.3) is 0 Å². The predicted molar refractivity (Wildman–Crippen MR) is 75.1 cm³/mol. The maximum Gasteiger partial charge on any atom is 0.236 e. The topological polar surface area (TPSA) is 44.8 Å². The Labute approximate surface area is 116 Å². The molecule has 1 amide bonds. The largest absolute Gasteiger partial charge is 0.372 e. The molecule has 19 heavy (non-hydrogen) atoms. The van der Waals surface area contributed by atoms with Gasteiger partial charge in [0.2, 0.25) is 5.91 Å². The highest BCUT2D eigenvalue weighted by Gasteiger charge is 2.30. The number of carbonyl (C=O) groups excluding carboxylic acids is 1. The second-order valence-electron chi connectivity index (χ2n) is 5.84. The summed E-state index contributed by atoms with van der Waals surface area (Å²) in [7, 11) is 0. The van der Waals surface area contributed by atoms with Crippen LogP contribution in [-0.4, -0.2) is 73.2 Å². The van der Waals surface area contributed by atoms with E-state index in [4.69, 9.17) is 4.74 Å². The fourth-order valence-electron chi connectivity index (χ4n) is 2.86. The van der Waals surface area contributed by atoms with Gasteiger partial charge >= 0.3 is 0 Å². The molecule has 0 radical (unpaired) electrons. The Hall–Kier alpha value is -0.650. The van der Waals surface area contributed by atoms with Crippen LogP contribution in [0.1, 0.15) is 27.2 Å². The van der Waals surface area contributed by atoms with Gasteiger partial charge in [-0.05, 0) is 26.8 Å². The summed E-state index contributed by atoms with van der Waals surface area (Å²) in [4.78, 5) is 16.7. The molecule has 0 aromatic rings. The smallest absolute Gasteiger partial charge is 0.236 e. The normalized spacial score (nSPS) is 28.5. The minimum Gasteiger partial charge on any atom is -0.372 e. The van der Waals surface area contributed by atoms with Gasteiger partial charge < -0.3 is 15.0 Å². The number of hydrogen-bond acceptors (Lipinski definition) is 4. The number of nitrogens with zero attached hydrogens (tertiary/aromatic N) is 2. The van der Waals surface area contributed by atoms with E-state index in [9.17, 15) is 4.79 Å². The maximum absolute atomic E-state index is 12.4. The molecule has 2 heterocycles. The van der Waals surface area contributed by atoms with Gasteiger partial charge in [-0.1, -0.05) is 6.92 Å². The second kappa shape index (κ2) is 6.68. The minimum atomic E-state index is 0.151. The molecule has 2 unspecified atom stereocenters. The zero-order valence-electron chi connectivity index (χ0n) is 12.4. The number of carbonyl (C=O) groups is 1. The molecule has 5 nitrogen and oxygen atoms in total. The lowest BCUT2D eigenvalue weighted by Gasteiger charge is -2.40. The Morgan fingerprint density at radius 3 is 2.42 bits per heavy atom. The lowest BCUT2D eigenvalue weighted by atomic mass is 10.1. The first-order valence-corrected chi connectivity index (χ1v) is 7.48. The van der Waals surface area contributed by atoms with Gasteiger partial charge in [-0.2, -0.15) is 0 Å². The van der Waals surface area contributed by atoms with Gasteiger partial charge in [0.15, 0.2) is 0 Å². The van der Waals surface area contributed by atoms with Crippen LogP contribution in [0.25, 0.3) is 0 Å². The van der Waals surface area contributed by atoms with E-state index in [1.54, 1.807) is 0 Å². The van der Waals surface area contributed by atoms with Crippen LogP contribution in [0.5, 0.6) is 0 Å². The first-order valence-electron chi connectivity index (χ1n) is 7.48. The Balaban J connectivity index is 1.87. The maximum atomic E-state index is 12.4. The van der Waals surface area contributed by atoms with Gasteiger partial charge in [-0.25, -0.2) is 0 Å². The van der Waals surface area contributed by atoms with Crippen LogP contribution in [-0.2, 0) is 9.53 Å². The molecule has 2 atom stereocenters. The van der Waals surface area contributed by atoms with Crippen molar-refractivity contribution in [2.24, 2.45) is 0 Å². The van der Waals surface area contributed by atoms with E-state index in [-0.39, 0.29) is 18.1 Å². The molecular formula is C14H27N3O2. The van der Waals surface area contributed by atoms with E-state index in [0.29, 0.717) is 12.6 Å². The van der Waals surface area contributed by atoms with E-state index in [0.717, 1.165) is 39.1 Å². The molecule has 1 N–H and O–H groups in total. The number of amides is 1. The molecule has 0 spiro atoms. The Morgan fingerprint density at radius 1 is 1.32 bits per heavy atom. The van der Waals surface area contributed by atoms with Crippen LogP contribution < -0.4 is 5.32 Å². The van der Waals surface area contributed by atoms with Crippen molar-refractivity contribution in [2.75, 3.05) is 39.3 Å². The fraction of sp³-hybridized carbons (Fsp3) is 0.929. The average molecular weight is 269 g/mol. The molecule has 2 aliphatic rings. The van der Waals surface area contributed by atoms with Crippen molar-refractivity contribution in [3.8, 4) is 0 Å². The van der Waals surface area contributed by atoms with Crippen LogP contribution >= 0.6 is 0 Å². The molecule has 0 aromatic carbocycles. The third-order valence-electron chi connectivity index (χ3n) is 3.90. The SMILES string of the molecule is CCCN(CC(=O)N1CC(C)OC(C)C1)C1CNC1. The number of ether oxygens (including phenoxy) is 1. The highest BCUT2D eigenvalue weighted by Crippen LogP contribution is 2.12. The van der Waals surface area contributed by atoms with E-state index in [1.165, 1.54) is 0 Å². The molecule has 2 rings (SSSR count). The monoisotopic (exact) mass is 269 g/mol. The molecule has 0 aromatic heterocycles. The average Bonchev–Trinajstić information content (AvgIpc) is 2.25. The molecule has 2 saturated heterocycles. The van der Waals surface area contributed by atoms with Crippen LogP contribution in [0.4, 0.5) is 0 Å². The van der Waals surface area contributed by atoms with E-state index in [2.05, 4.69) is 17.1 Å². The summed E-state index contributed by atoms with van der Waals surface area (Å²) < 4.78 is 5.68. The van der Waals surface area contributed by atoms with Crippen molar-refractivity contribution in [1.82, 2.24) is 15.1 Å². The van der Waals surface area contributed by atoms with Crippen molar-refractivity contribution in [3.05, 3.63) is 0 Å². The molecule has 0 bridgehead atoms. The molecule has 2 fully saturated rings. The Morgan fingerprint density at radius 2 is 1.95 bits per heavy atom. The van der Waals surface area contributed by atoms with Gasteiger partial charge in [0, 0.05) is 32.2 Å². The highest BCUT2D eigenvalue weighted by molar-refractivity contribution is 5.78. The zero-order valence-corrected chi connectivity index (χ0v) is 12.4. The zero-order chi connectivity index (χ0) is 13.8. The van der Waals surface area contributed by atoms with Crippen LogP contribution in [0, 0.1) is 0 Å². The number of hydrogen-bond donors (Lipinski definition) is 1. The fourth-order valence-corrected chi connectivity index (χ4v) is 2.86. The van der Waals surface area contributed by atoms with Gasteiger partial charge in [-0.3, -0.25) is 9.69 Å². The van der Waals surface area contributed by atoms with Crippen molar-refractivity contribution in [2.45, 2.75) is 45.4 Å². The van der Waals surface area contributed by atoms with Gasteiger partial charge in [0.1, 0.15) is 0 Å². The minimum absolute atomic E-state index is 0.151. The highest BCUT2D eigenvalue weighted by atomic mass is 16.5. The second-order valence-corrected chi connectivity index (χ2v) is 5.84. The van der Waals surface area contributed by atoms with Gasteiger partial charge in [0.05, 0.1) is 18.8 Å². The van der Waals surface area contributed by atoms with Crippen molar-refractivity contribution in [1.29, 1.82) is 0 Å². The number of rotatable bonds is 5. The van der Waals surface area contributed by atoms with E-state index < -0.39 is 0 Å². The summed E-state index contributed by atoms with van der Waals surface area (Å²) in [5.41, 5.74) is 0. The molecule has 110 valence electrons. The molecular weight excluding hydrogens is 242 g/mol. The van der Waals surface area contributed by atoms with Crippen molar-refractivity contribution < 1.29 is 9.53 Å². The summed E-state index contributed by atoms with van der Waals surface area (Å²) in [5.74, 6) is 0.252. The lowest BCUT2D eigenvalue weighted by Crippen LogP contribution is -2.60. The third kappa shape index (κ3) is 3.91. The summed E-state index contributed by atoms with van der Waals surface area (Å²) in [5, 5.41) is 3.28. The summed E-state index contributed by atoms with van der Waals surface area (Å²) in [6.45, 7) is 11.3. The first kappa shape index (κ1) is 14.8. The number of nitrogens with one attached hydrogen (secondary N) is 1. The Bertz CT molecular complexity index is 297. The van der Waals surface area contributed by atoms with Gasteiger partial charge in [-0.15, -0.1) is 0 Å². The van der Waals surface area contributed by atoms with Crippen LogP contribution in [0.15, 0.2) is 0 Å². The molecule has 0 aliphatic carbocycles. The van der Waals surface area contributed by atoms with Crippen molar-refractivity contribution in [3.63, 3.8) is 0 Å². The molecule has 5 heteroatoms. The molecule has 0 saturated carbocycles. The van der Waals surface area contributed by atoms with E-state index >= 15 is 0 Å². The predicted octanol–water partition coefficient (Wildman–Crippen LogP) is 0.306. The van der Waals surface area contributed by atoms with Crippen molar-refractivity contribution >= 4 is 5.91 Å². The third-order valence-corrected chi connectivity index (χ3v) is 3.90. The van der Waals surface area contributed by atoms with E-state index in [1.807, 2.05) is 18.7 Å². The summed E-state index contributed by atoms with van der Waals surface area (Å²) in [6.07, 6.45) is 1.40. The summed E-state index contributed by atoms with van der Waals surface area (Å²) in [6, 6.07) is 0.541. The standard InChI is InChI=1S/C14H27N3O2/c1-4-5-16(13-6-15-7-13)10-14(18)17-8-11(2)19-12(3)9-17/h11-13,15H,4-10H2,1-3H3. The molecule has 2 aliphatic heterocycles. The quantitative estimate of drug-likeness (QED) is 0.780. The lowest BCUT2D eigenvalue weighted by molar-refractivity contribution is -0.145. The van der Waals surface area contributed by atoms with Crippen LogP contribution in [0.3, 0.4) is 0 Å². The number of morpholine rings is 1. The summed E-state index contributed by atoms with van der Waals surface area (Å²) >= 11 is 0. The first-order chi connectivity index (χ1) is 9.10. The van der Waals surface area contributed by atoms with Crippen LogP contribution in [0.2, 0.25) is 0 Å². The Kier molecular flexibility index (Phi) is 5.19.